The number of aliphatic hydroxyl groups is 3. The molecule has 12 aliphatic carbocycles. The van der Waals surface area contributed by atoms with Gasteiger partial charge in [-0.2, -0.15) is 0 Å². The standard InChI is InChI=1S/3C30H50O/c3*1-20(2)10-9-11-21(3)22-14-18-30(8)24-12-13-25-27(4,5)26(31)16-17-28(25,6)23(24)15-19-29(22,30)7/h3*10,21-22,25-26,31H,9,11-19H2,1-8H3/t3*21-,22-,25+,26+,28-,29-,30+/m111/s1. The van der Waals surface area contributed by atoms with Crippen molar-refractivity contribution in [1.29, 1.82) is 0 Å². The maximum atomic E-state index is 10.8. The first-order chi connectivity index (χ1) is 43.1. The molecule has 6 saturated carbocycles. The number of rotatable bonds is 12. The highest BCUT2D eigenvalue weighted by molar-refractivity contribution is 5.42. The van der Waals surface area contributed by atoms with E-state index >= 15 is 0 Å². The van der Waals surface area contributed by atoms with Gasteiger partial charge in [0.05, 0.1) is 18.3 Å². The largest absolute Gasteiger partial charge is 0.393 e. The van der Waals surface area contributed by atoms with Crippen LogP contribution in [-0.4, -0.2) is 33.6 Å². The predicted molar refractivity (Wildman–Crippen MR) is 399 cm³/mol. The van der Waals surface area contributed by atoms with E-state index in [0.717, 1.165) is 54.8 Å². The SMILES string of the molecule is CC(C)=CCC[C@@H](C)[C@H]1CC[C@@]2(C)C3=C(CC[C@]12C)[C@@]1(C)CC[C@H](O)C(C)(C)[C@@H]1CC3.CC(C)=CCC[C@@H](C)[C@H]1CC[C@@]2(C)C3=C(CC[C@]12C)[C@@]1(C)CC[C@H](O)C(C)(C)[C@@H]1CC3.CC(C)=CCC[C@@H](C)[C@H]1CC[C@@]2(C)C3=C(CC[C@]12C)[C@@]1(C)CC[C@H](O)C(C)(C)[C@@H]1CC3. The van der Waals surface area contributed by atoms with Crippen molar-refractivity contribution in [3.05, 3.63) is 68.4 Å². The lowest BCUT2D eigenvalue weighted by molar-refractivity contribution is -0.0962. The lowest BCUT2D eigenvalue weighted by Crippen LogP contribution is -2.55. The van der Waals surface area contributed by atoms with Crippen LogP contribution < -0.4 is 0 Å². The lowest BCUT2D eigenvalue weighted by atomic mass is 9.43. The van der Waals surface area contributed by atoms with E-state index in [1.54, 1.807) is 0 Å². The van der Waals surface area contributed by atoms with Crippen molar-refractivity contribution in [1.82, 2.24) is 0 Å². The molecule has 6 fully saturated rings. The molecule has 0 aromatic rings. The van der Waals surface area contributed by atoms with Crippen LogP contribution >= 0.6 is 0 Å². The van der Waals surface area contributed by atoms with Gasteiger partial charge in [-0.1, -0.05) is 193 Å². The quantitative estimate of drug-likeness (QED) is 0.171. The summed E-state index contributed by atoms with van der Waals surface area (Å²) in [6, 6.07) is 0. The Labute approximate surface area is 575 Å². The first kappa shape index (κ1) is 74.0. The second kappa shape index (κ2) is 26.0. The molecule has 0 heterocycles. The molecule has 0 saturated heterocycles. The highest BCUT2D eigenvalue weighted by atomic mass is 16.3. The molecule has 0 bridgehead atoms. The van der Waals surface area contributed by atoms with Crippen molar-refractivity contribution < 1.29 is 15.3 Å². The van der Waals surface area contributed by atoms with Gasteiger partial charge in [0.2, 0.25) is 0 Å². The Morgan fingerprint density at radius 3 is 0.785 bits per heavy atom. The minimum Gasteiger partial charge on any atom is -0.393 e. The van der Waals surface area contributed by atoms with Gasteiger partial charge in [0.15, 0.2) is 0 Å². The summed E-state index contributed by atoms with van der Waals surface area (Å²) in [4.78, 5) is 0. The fraction of sp³-hybridized carbons (Fsp3) is 0.867. The van der Waals surface area contributed by atoms with Gasteiger partial charge in [-0.15, -0.1) is 0 Å². The number of fused-ring (bicyclic) bond motifs is 12. The highest BCUT2D eigenvalue weighted by Gasteiger charge is 2.67. The Balaban J connectivity index is 0.000000153. The topological polar surface area (TPSA) is 60.7 Å². The summed E-state index contributed by atoms with van der Waals surface area (Å²) in [5, 5.41) is 32.4. The van der Waals surface area contributed by atoms with E-state index in [2.05, 4.69) is 184 Å². The van der Waals surface area contributed by atoms with Crippen LogP contribution in [-0.2, 0) is 0 Å². The molecular weight excluding hydrogens is 1130 g/mol. The van der Waals surface area contributed by atoms with Crippen LogP contribution in [0.15, 0.2) is 68.4 Å². The molecule has 0 aromatic carbocycles. The van der Waals surface area contributed by atoms with Crippen LogP contribution in [0.5, 0.6) is 0 Å². The second-order valence-corrected chi connectivity index (χ2v) is 40.7. The number of hydrogen-bond acceptors (Lipinski definition) is 3. The first-order valence-corrected chi connectivity index (χ1v) is 40.3. The van der Waals surface area contributed by atoms with Crippen molar-refractivity contribution in [3.63, 3.8) is 0 Å². The van der Waals surface area contributed by atoms with Crippen LogP contribution in [0.4, 0.5) is 0 Å². The zero-order valence-electron chi connectivity index (χ0n) is 65.7. The summed E-state index contributed by atoms with van der Waals surface area (Å²) >= 11 is 0. The third-order valence-corrected chi connectivity index (χ3v) is 35.0. The van der Waals surface area contributed by atoms with Crippen molar-refractivity contribution in [2.75, 3.05) is 0 Å². The first-order valence-electron chi connectivity index (χ1n) is 40.3. The number of allylic oxidation sites excluding steroid dienone is 12. The van der Waals surface area contributed by atoms with Crippen molar-refractivity contribution in [3.8, 4) is 0 Å². The minimum absolute atomic E-state index is 0.0465. The van der Waals surface area contributed by atoms with Crippen LogP contribution in [0.3, 0.4) is 0 Å². The Bertz CT molecular complexity index is 2610. The Morgan fingerprint density at radius 1 is 0.323 bits per heavy atom. The second-order valence-electron chi connectivity index (χ2n) is 40.7. The van der Waals surface area contributed by atoms with Gasteiger partial charge in [-0.05, 0) is 352 Å². The molecule has 0 aliphatic heterocycles. The average Bonchev–Trinajstić information content (AvgIpc) is 1.69. The monoisotopic (exact) mass is 1280 g/mol. The summed E-state index contributed by atoms with van der Waals surface area (Å²) in [6.45, 7) is 58.9. The normalized spacial score (nSPS) is 44.9. The Hall–Kier alpha value is -1.68. The fourth-order valence-electron chi connectivity index (χ4n) is 28.4. The zero-order chi connectivity index (χ0) is 68.5. The summed E-state index contributed by atoms with van der Waals surface area (Å²) in [7, 11) is 0. The molecule has 93 heavy (non-hydrogen) atoms. The van der Waals surface area contributed by atoms with E-state index in [4.69, 9.17) is 0 Å². The molecule has 12 aliphatic rings. The smallest absolute Gasteiger partial charge is 0.0594 e. The van der Waals surface area contributed by atoms with Crippen LogP contribution in [0.25, 0.3) is 0 Å². The molecule has 0 amide bonds. The minimum atomic E-state index is -0.130. The van der Waals surface area contributed by atoms with Crippen molar-refractivity contribution >= 4 is 0 Å². The Morgan fingerprint density at radius 2 is 0.559 bits per heavy atom. The molecule has 528 valence electrons. The zero-order valence-corrected chi connectivity index (χ0v) is 65.7. The van der Waals surface area contributed by atoms with Crippen molar-refractivity contribution in [2.24, 2.45) is 118 Å². The molecule has 3 nitrogen and oxygen atoms in total. The van der Waals surface area contributed by atoms with Gasteiger partial charge in [-0.25, -0.2) is 0 Å². The molecule has 12 rings (SSSR count). The molecule has 0 spiro atoms. The van der Waals surface area contributed by atoms with Crippen LogP contribution in [0, 0.1) is 118 Å². The molecule has 0 radical (unpaired) electrons. The van der Waals surface area contributed by atoms with Crippen LogP contribution in [0.1, 0.15) is 359 Å². The van der Waals surface area contributed by atoms with Gasteiger partial charge >= 0.3 is 0 Å². The van der Waals surface area contributed by atoms with Gasteiger partial charge in [0.1, 0.15) is 0 Å². The molecule has 21 atom stereocenters. The number of hydrogen-bond donors (Lipinski definition) is 3. The third-order valence-electron chi connectivity index (χ3n) is 35.0. The fourth-order valence-corrected chi connectivity index (χ4v) is 28.4. The van der Waals surface area contributed by atoms with E-state index in [9.17, 15) is 15.3 Å². The summed E-state index contributed by atoms with van der Waals surface area (Å²) in [6.07, 6.45) is 45.5. The third kappa shape index (κ3) is 11.8. The van der Waals surface area contributed by atoms with Gasteiger partial charge in [0, 0.05) is 0 Å². The molecule has 3 N–H and O–H groups in total. The van der Waals surface area contributed by atoms with Gasteiger partial charge < -0.3 is 15.3 Å². The molecule has 0 unspecified atom stereocenters. The predicted octanol–water partition coefficient (Wildman–Crippen LogP) is 25.4. The van der Waals surface area contributed by atoms with E-state index < -0.39 is 0 Å². The highest BCUT2D eigenvalue weighted by Crippen LogP contribution is 2.76. The molecular formula is C90H150O3. The van der Waals surface area contributed by atoms with Crippen LogP contribution in [0.2, 0.25) is 0 Å². The van der Waals surface area contributed by atoms with E-state index in [0.29, 0.717) is 66.5 Å². The van der Waals surface area contributed by atoms with Crippen molar-refractivity contribution in [2.45, 2.75) is 377 Å². The van der Waals surface area contributed by atoms with Gasteiger partial charge in [0.25, 0.3) is 0 Å². The molecule has 3 heteroatoms. The van der Waals surface area contributed by atoms with E-state index in [1.807, 2.05) is 33.4 Å². The molecule has 0 aromatic heterocycles. The summed E-state index contributed by atoms with van der Waals surface area (Å²) in [5.74, 6) is 6.97. The van der Waals surface area contributed by atoms with E-state index in [1.165, 1.54) is 190 Å². The average molecular weight is 1280 g/mol. The summed E-state index contributed by atoms with van der Waals surface area (Å²) in [5.41, 5.74) is 19.2. The van der Waals surface area contributed by atoms with E-state index in [-0.39, 0.29) is 34.6 Å². The maximum Gasteiger partial charge on any atom is 0.0594 e. The maximum absolute atomic E-state index is 10.8. The number of aliphatic hydroxyl groups excluding tert-OH is 3. The lowest BCUT2D eigenvalue weighted by Gasteiger charge is -2.62. The Kier molecular flexibility index (Phi) is 20.7. The van der Waals surface area contributed by atoms with Gasteiger partial charge in [-0.3, -0.25) is 0 Å². The summed E-state index contributed by atoms with van der Waals surface area (Å²) < 4.78 is 0.